The van der Waals surface area contributed by atoms with Crippen molar-refractivity contribution in [1.29, 1.82) is 0 Å². The fourth-order valence-electron chi connectivity index (χ4n) is 1.11. The van der Waals surface area contributed by atoms with Crippen molar-refractivity contribution >= 4 is 11.8 Å². The molecule has 68 valence electrons. The number of amides is 2. The van der Waals surface area contributed by atoms with Crippen LogP contribution in [0.2, 0.25) is 0 Å². The minimum absolute atomic E-state index is 0.0160. The molecule has 1 atom stereocenters. The highest BCUT2D eigenvalue weighted by molar-refractivity contribution is 5.82. The van der Waals surface area contributed by atoms with Crippen LogP contribution in [0, 0.1) is 0 Å². The molecule has 2 N–H and O–H groups in total. The van der Waals surface area contributed by atoms with E-state index in [0.29, 0.717) is 13.0 Å². The first-order valence-electron chi connectivity index (χ1n) is 3.77. The van der Waals surface area contributed by atoms with E-state index in [2.05, 4.69) is 15.4 Å². The third kappa shape index (κ3) is 2.50. The molecule has 0 bridgehead atoms. The molecular weight excluding hydrogens is 160 g/mol. The van der Waals surface area contributed by atoms with Crippen LogP contribution in [0.25, 0.3) is 0 Å². The highest BCUT2D eigenvalue weighted by Crippen LogP contribution is 1.98. The number of methoxy groups -OCH3 is 1. The Labute approximate surface area is 70.5 Å². The number of carbonyl (C=O) groups is 2. The number of carbonyl (C=O) groups excluding carboxylic acids is 2. The summed E-state index contributed by atoms with van der Waals surface area (Å²) in [5.74, 6) is -0.197. The number of rotatable bonds is 3. The molecule has 1 heterocycles. The maximum absolute atomic E-state index is 10.9. The molecule has 0 spiro atoms. The largest absolute Gasteiger partial charge is 0.375 e. The van der Waals surface area contributed by atoms with Crippen molar-refractivity contribution in [2.75, 3.05) is 20.3 Å². The van der Waals surface area contributed by atoms with E-state index < -0.39 is 0 Å². The molecule has 1 aliphatic heterocycles. The Morgan fingerprint density at radius 3 is 3.08 bits per heavy atom. The average molecular weight is 172 g/mol. The first kappa shape index (κ1) is 8.99. The zero-order chi connectivity index (χ0) is 8.97. The summed E-state index contributed by atoms with van der Waals surface area (Å²) in [7, 11) is 1.46. The number of nitrogens with one attached hydrogen (secondary N) is 2. The molecule has 0 aliphatic carbocycles. The van der Waals surface area contributed by atoms with Crippen molar-refractivity contribution in [3.8, 4) is 0 Å². The zero-order valence-corrected chi connectivity index (χ0v) is 6.92. The molecule has 0 saturated carbocycles. The Morgan fingerprint density at radius 2 is 2.58 bits per heavy atom. The van der Waals surface area contributed by atoms with Crippen LogP contribution in [0.15, 0.2) is 0 Å². The highest BCUT2D eigenvalue weighted by atomic mass is 16.5. The van der Waals surface area contributed by atoms with Gasteiger partial charge in [0, 0.05) is 20.1 Å². The van der Waals surface area contributed by atoms with Gasteiger partial charge in [0.1, 0.15) is 6.61 Å². The van der Waals surface area contributed by atoms with Gasteiger partial charge in [0.2, 0.25) is 11.8 Å². The Hall–Kier alpha value is -1.10. The second-order valence-electron chi connectivity index (χ2n) is 2.71. The number of hydrogen-bond donors (Lipinski definition) is 2. The van der Waals surface area contributed by atoms with Gasteiger partial charge in [0.25, 0.3) is 0 Å². The predicted molar refractivity (Wildman–Crippen MR) is 41.4 cm³/mol. The molecule has 12 heavy (non-hydrogen) atoms. The number of hydrogen-bond acceptors (Lipinski definition) is 3. The van der Waals surface area contributed by atoms with Crippen molar-refractivity contribution in [3.63, 3.8) is 0 Å². The van der Waals surface area contributed by atoms with Crippen LogP contribution in [0.3, 0.4) is 0 Å². The second-order valence-corrected chi connectivity index (χ2v) is 2.71. The quantitative estimate of drug-likeness (QED) is 0.552. The Kier molecular flexibility index (Phi) is 3.04. The van der Waals surface area contributed by atoms with Gasteiger partial charge in [-0.25, -0.2) is 0 Å². The maximum atomic E-state index is 10.9. The third-order valence-electron chi connectivity index (χ3n) is 1.62. The van der Waals surface area contributed by atoms with Crippen molar-refractivity contribution in [3.05, 3.63) is 0 Å². The molecule has 2 amide bonds. The van der Waals surface area contributed by atoms with Crippen molar-refractivity contribution in [2.24, 2.45) is 0 Å². The molecule has 0 aromatic carbocycles. The first-order valence-corrected chi connectivity index (χ1v) is 3.77. The third-order valence-corrected chi connectivity index (χ3v) is 1.62. The molecule has 5 nitrogen and oxygen atoms in total. The van der Waals surface area contributed by atoms with Gasteiger partial charge < -0.3 is 15.4 Å². The van der Waals surface area contributed by atoms with E-state index in [9.17, 15) is 9.59 Å². The summed E-state index contributed by atoms with van der Waals surface area (Å²) in [6.07, 6.45) is 0.370. The fourth-order valence-corrected chi connectivity index (χ4v) is 1.11. The molecule has 1 fully saturated rings. The van der Waals surface area contributed by atoms with E-state index in [1.54, 1.807) is 0 Å². The van der Waals surface area contributed by atoms with Crippen molar-refractivity contribution < 1.29 is 14.3 Å². The summed E-state index contributed by atoms with van der Waals surface area (Å²) >= 11 is 0. The van der Waals surface area contributed by atoms with E-state index >= 15 is 0 Å². The Morgan fingerprint density at radius 1 is 1.83 bits per heavy atom. The first-order chi connectivity index (χ1) is 5.72. The standard InChI is InChI=1S/C7H12N2O3/c1-12-4-7(11)9-5-2-6(10)8-3-5/h5H,2-4H2,1H3,(H,8,10)(H,9,11). The molecule has 1 unspecified atom stereocenters. The van der Waals surface area contributed by atoms with Crippen LogP contribution in [-0.4, -0.2) is 38.1 Å². The van der Waals surface area contributed by atoms with Crippen LogP contribution >= 0.6 is 0 Å². The van der Waals surface area contributed by atoms with Gasteiger partial charge in [-0.15, -0.1) is 0 Å². The summed E-state index contributed by atoms with van der Waals surface area (Å²) in [5.41, 5.74) is 0. The van der Waals surface area contributed by atoms with Crippen LogP contribution in [0.4, 0.5) is 0 Å². The molecule has 5 heteroatoms. The molecule has 1 saturated heterocycles. The normalized spacial score (nSPS) is 22.1. The average Bonchev–Trinajstić information content (AvgIpc) is 2.36. The molecule has 0 radical (unpaired) electrons. The number of ether oxygens (including phenoxy) is 1. The Bertz CT molecular complexity index is 193. The lowest BCUT2D eigenvalue weighted by molar-refractivity contribution is -0.125. The van der Waals surface area contributed by atoms with Crippen molar-refractivity contribution in [2.45, 2.75) is 12.5 Å². The van der Waals surface area contributed by atoms with E-state index in [-0.39, 0.29) is 24.5 Å². The van der Waals surface area contributed by atoms with Crippen LogP contribution < -0.4 is 10.6 Å². The zero-order valence-electron chi connectivity index (χ0n) is 6.92. The lowest BCUT2D eigenvalue weighted by Crippen LogP contribution is -2.38. The summed E-state index contributed by atoms with van der Waals surface area (Å²) in [4.78, 5) is 21.6. The summed E-state index contributed by atoms with van der Waals surface area (Å²) in [5, 5.41) is 5.29. The molecular formula is C7H12N2O3. The van der Waals surface area contributed by atoms with Gasteiger partial charge in [-0.2, -0.15) is 0 Å². The summed E-state index contributed by atoms with van der Waals surface area (Å²) in [6.45, 7) is 0.568. The molecule has 0 aromatic rings. The second kappa shape index (κ2) is 4.06. The highest BCUT2D eigenvalue weighted by Gasteiger charge is 2.22. The lowest BCUT2D eigenvalue weighted by atomic mass is 10.2. The predicted octanol–water partition coefficient (Wildman–Crippen LogP) is -1.36. The van der Waals surface area contributed by atoms with Crippen molar-refractivity contribution in [1.82, 2.24) is 10.6 Å². The molecule has 1 rings (SSSR count). The minimum atomic E-state index is -0.181. The van der Waals surface area contributed by atoms with Gasteiger partial charge >= 0.3 is 0 Å². The van der Waals surface area contributed by atoms with Gasteiger partial charge in [0.15, 0.2) is 0 Å². The van der Waals surface area contributed by atoms with Gasteiger partial charge in [0.05, 0.1) is 6.04 Å². The molecule has 1 aliphatic rings. The van der Waals surface area contributed by atoms with Crippen LogP contribution in [-0.2, 0) is 14.3 Å². The van der Waals surface area contributed by atoms with E-state index in [4.69, 9.17) is 0 Å². The Balaban J connectivity index is 2.23. The van der Waals surface area contributed by atoms with E-state index in [1.165, 1.54) is 7.11 Å². The van der Waals surface area contributed by atoms with Gasteiger partial charge in [-0.3, -0.25) is 9.59 Å². The lowest BCUT2D eigenvalue weighted by Gasteiger charge is -2.08. The smallest absolute Gasteiger partial charge is 0.246 e. The van der Waals surface area contributed by atoms with E-state index in [1.807, 2.05) is 0 Å². The summed E-state index contributed by atoms with van der Waals surface area (Å²) < 4.78 is 4.62. The van der Waals surface area contributed by atoms with Gasteiger partial charge in [-0.05, 0) is 0 Å². The van der Waals surface area contributed by atoms with Crippen LogP contribution in [0.5, 0.6) is 0 Å². The van der Waals surface area contributed by atoms with Gasteiger partial charge in [-0.1, -0.05) is 0 Å². The SMILES string of the molecule is COCC(=O)NC1CNC(=O)C1. The molecule has 0 aromatic heterocycles. The van der Waals surface area contributed by atoms with Crippen LogP contribution in [0.1, 0.15) is 6.42 Å². The topological polar surface area (TPSA) is 67.4 Å². The fraction of sp³-hybridized carbons (Fsp3) is 0.714. The van der Waals surface area contributed by atoms with E-state index in [0.717, 1.165) is 0 Å². The maximum Gasteiger partial charge on any atom is 0.246 e. The monoisotopic (exact) mass is 172 g/mol. The minimum Gasteiger partial charge on any atom is -0.375 e. The summed E-state index contributed by atoms with van der Waals surface area (Å²) in [6, 6.07) is -0.0693.